The summed E-state index contributed by atoms with van der Waals surface area (Å²) in [4.78, 5) is 11.6. The Morgan fingerprint density at radius 2 is 1.59 bits per heavy atom. The van der Waals surface area contributed by atoms with Crippen LogP contribution in [0.5, 0.6) is 0 Å². The average molecular weight is 389 g/mol. The van der Waals surface area contributed by atoms with Gasteiger partial charge in [0.2, 0.25) is 10.0 Å². The van der Waals surface area contributed by atoms with Crippen LogP contribution in [-0.4, -0.2) is 24.5 Å². The fraction of sp³-hybridized carbons (Fsp3) is 0.381. The number of hydrogen-bond donors (Lipinski definition) is 0. The van der Waals surface area contributed by atoms with Gasteiger partial charge in [-0.05, 0) is 49.6 Å². The zero-order valence-corrected chi connectivity index (χ0v) is 16.2. The second-order valence-corrected chi connectivity index (χ2v) is 8.94. The fourth-order valence-corrected chi connectivity index (χ4v) is 5.22. The Morgan fingerprint density at radius 1 is 1.00 bits per heavy atom. The Morgan fingerprint density at radius 3 is 2.15 bits per heavy atom. The van der Waals surface area contributed by atoms with Gasteiger partial charge in [0, 0.05) is 18.2 Å². The number of hydrogen-bond acceptors (Lipinski definition) is 3. The van der Waals surface area contributed by atoms with Crippen LogP contribution < -0.4 is 0 Å². The topological polar surface area (TPSA) is 54.5 Å². The summed E-state index contributed by atoms with van der Waals surface area (Å²) in [5.41, 5.74) is 1.24. The number of halogens is 1. The molecule has 0 bridgehead atoms. The highest BCUT2D eigenvalue weighted by Gasteiger charge is 2.32. The first-order chi connectivity index (χ1) is 12.9. The molecule has 0 atom stereocenters. The van der Waals surface area contributed by atoms with E-state index in [9.17, 15) is 17.6 Å². The van der Waals surface area contributed by atoms with Crippen molar-refractivity contribution in [3.8, 4) is 0 Å². The van der Waals surface area contributed by atoms with Crippen LogP contribution in [0.2, 0.25) is 0 Å². The number of rotatable bonds is 6. The zero-order valence-electron chi connectivity index (χ0n) is 15.4. The predicted molar refractivity (Wildman–Crippen MR) is 102 cm³/mol. The van der Waals surface area contributed by atoms with E-state index in [1.54, 1.807) is 28.6 Å². The van der Waals surface area contributed by atoms with Crippen LogP contribution in [0.3, 0.4) is 0 Å². The summed E-state index contributed by atoms with van der Waals surface area (Å²) >= 11 is 0. The SMILES string of the molecule is CC(=O)c1ccc(S(=O)(=O)N(Cc2ccc(F)cc2)C2CCCCC2)cc1. The molecule has 1 aliphatic carbocycles. The van der Waals surface area contributed by atoms with E-state index in [0.29, 0.717) is 5.56 Å². The van der Waals surface area contributed by atoms with Crippen LogP contribution in [0.15, 0.2) is 53.4 Å². The van der Waals surface area contributed by atoms with Gasteiger partial charge in [-0.3, -0.25) is 4.79 Å². The van der Waals surface area contributed by atoms with Gasteiger partial charge in [0.15, 0.2) is 5.78 Å². The highest BCUT2D eigenvalue weighted by atomic mass is 32.2. The van der Waals surface area contributed by atoms with Crippen molar-refractivity contribution >= 4 is 15.8 Å². The lowest BCUT2D eigenvalue weighted by Crippen LogP contribution is -2.40. The molecule has 1 fully saturated rings. The monoisotopic (exact) mass is 389 g/mol. The Labute approximate surface area is 160 Å². The quantitative estimate of drug-likeness (QED) is 0.681. The first kappa shape index (κ1) is 19.7. The smallest absolute Gasteiger partial charge is 0.243 e. The maximum atomic E-state index is 13.4. The molecular weight excluding hydrogens is 365 g/mol. The van der Waals surface area contributed by atoms with Gasteiger partial charge in [-0.2, -0.15) is 4.31 Å². The number of carbonyl (C=O) groups is 1. The van der Waals surface area contributed by atoms with Gasteiger partial charge >= 0.3 is 0 Å². The molecule has 0 aromatic heterocycles. The van der Waals surface area contributed by atoms with Crippen LogP contribution >= 0.6 is 0 Å². The molecule has 27 heavy (non-hydrogen) atoms. The van der Waals surface area contributed by atoms with Crippen molar-refractivity contribution in [2.75, 3.05) is 0 Å². The fourth-order valence-electron chi connectivity index (χ4n) is 3.55. The van der Waals surface area contributed by atoms with Crippen molar-refractivity contribution in [3.63, 3.8) is 0 Å². The van der Waals surface area contributed by atoms with E-state index < -0.39 is 10.0 Å². The van der Waals surface area contributed by atoms with Crippen molar-refractivity contribution in [1.82, 2.24) is 4.31 Å². The molecule has 6 heteroatoms. The molecule has 0 heterocycles. The second kappa shape index (κ2) is 8.31. The normalized spacial score (nSPS) is 15.8. The Balaban J connectivity index is 1.94. The van der Waals surface area contributed by atoms with Crippen molar-refractivity contribution in [1.29, 1.82) is 0 Å². The summed E-state index contributed by atoms with van der Waals surface area (Å²) in [5, 5.41) is 0. The van der Waals surface area contributed by atoms with E-state index >= 15 is 0 Å². The van der Waals surface area contributed by atoms with Gasteiger partial charge in [-0.1, -0.05) is 43.5 Å². The first-order valence-corrected chi connectivity index (χ1v) is 10.7. The number of ketones is 1. The Kier molecular flexibility index (Phi) is 6.07. The van der Waals surface area contributed by atoms with Crippen LogP contribution in [0.4, 0.5) is 4.39 Å². The van der Waals surface area contributed by atoms with Crippen molar-refractivity contribution in [3.05, 3.63) is 65.5 Å². The molecule has 2 aromatic carbocycles. The van der Waals surface area contributed by atoms with E-state index in [-0.39, 0.29) is 29.1 Å². The van der Waals surface area contributed by atoms with E-state index in [4.69, 9.17) is 0 Å². The molecule has 0 spiro atoms. The third-order valence-corrected chi connectivity index (χ3v) is 7.01. The molecule has 0 N–H and O–H groups in total. The molecule has 0 amide bonds. The van der Waals surface area contributed by atoms with Crippen molar-refractivity contribution in [2.45, 2.75) is 56.5 Å². The van der Waals surface area contributed by atoms with Crippen molar-refractivity contribution < 1.29 is 17.6 Å². The van der Waals surface area contributed by atoms with E-state index in [2.05, 4.69) is 0 Å². The predicted octanol–water partition coefficient (Wildman–Crippen LogP) is 4.55. The van der Waals surface area contributed by atoms with Crippen LogP contribution in [-0.2, 0) is 16.6 Å². The molecule has 0 aliphatic heterocycles. The highest BCUT2D eigenvalue weighted by molar-refractivity contribution is 7.89. The lowest BCUT2D eigenvalue weighted by Gasteiger charge is -2.33. The molecule has 1 aliphatic rings. The number of nitrogens with zero attached hydrogens (tertiary/aromatic N) is 1. The van der Waals surface area contributed by atoms with Gasteiger partial charge in [-0.25, -0.2) is 12.8 Å². The van der Waals surface area contributed by atoms with Gasteiger partial charge in [0.25, 0.3) is 0 Å². The molecule has 0 saturated heterocycles. The summed E-state index contributed by atoms with van der Waals surface area (Å²) in [5.74, 6) is -0.444. The number of carbonyl (C=O) groups excluding carboxylic acids is 1. The molecule has 1 saturated carbocycles. The maximum Gasteiger partial charge on any atom is 0.243 e. The molecule has 2 aromatic rings. The molecule has 4 nitrogen and oxygen atoms in total. The molecular formula is C21H24FNO3S. The van der Waals surface area contributed by atoms with Gasteiger partial charge in [-0.15, -0.1) is 0 Å². The molecule has 3 rings (SSSR count). The third-order valence-electron chi connectivity index (χ3n) is 5.10. The largest absolute Gasteiger partial charge is 0.295 e. The summed E-state index contributed by atoms with van der Waals surface area (Å²) in [6, 6.07) is 12.0. The Bertz CT molecular complexity index is 886. The lowest BCUT2D eigenvalue weighted by molar-refractivity contribution is 0.101. The minimum absolute atomic E-state index is 0.0683. The van der Waals surface area contributed by atoms with E-state index in [1.807, 2.05) is 0 Å². The van der Waals surface area contributed by atoms with Gasteiger partial charge < -0.3 is 0 Å². The Hall–Kier alpha value is -2.05. The summed E-state index contributed by atoms with van der Waals surface area (Å²) in [7, 11) is -3.72. The number of benzene rings is 2. The first-order valence-electron chi connectivity index (χ1n) is 9.25. The zero-order chi connectivity index (χ0) is 19.4. The highest BCUT2D eigenvalue weighted by Crippen LogP contribution is 2.29. The van der Waals surface area contributed by atoms with Crippen molar-refractivity contribution in [2.24, 2.45) is 0 Å². The summed E-state index contributed by atoms with van der Waals surface area (Å²) < 4.78 is 41.5. The van der Waals surface area contributed by atoms with Crippen LogP contribution in [0.25, 0.3) is 0 Å². The molecule has 144 valence electrons. The van der Waals surface area contributed by atoms with Gasteiger partial charge in [0.1, 0.15) is 5.82 Å². The van der Waals surface area contributed by atoms with Crippen LogP contribution in [0.1, 0.15) is 54.9 Å². The standard InChI is InChI=1S/C21H24FNO3S/c1-16(24)18-9-13-21(14-10-18)27(25,26)23(20-5-3-2-4-6-20)15-17-7-11-19(22)12-8-17/h7-14,20H,2-6,15H2,1H3. The average Bonchev–Trinajstić information content (AvgIpc) is 2.68. The number of Topliss-reactive ketones (excluding diaryl/α,β-unsaturated/α-hetero) is 1. The lowest BCUT2D eigenvalue weighted by atomic mass is 9.95. The van der Waals surface area contributed by atoms with E-state index in [0.717, 1.165) is 37.7 Å². The molecule has 0 unspecified atom stereocenters. The second-order valence-electron chi connectivity index (χ2n) is 7.05. The number of sulfonamides is 1. The van der Waals surface area contributed by atoms with Gasteiger partial charge in [0.05, 0.1) is 4.90 Å². The maximum absolute atomic E-state index is 13.4. The van der Waals surface area contributed by atoms with E-state index in [1.165, 1.54) is 31.2 Å². The summed E-state index contributed by atoms with van der Waals surface area (Å²) in [6.45, 7) is 1.66. The molecule has 0 radical (unpaired) electrons. The third kappa shape index (κ3) is 4.62. The van der Waals surface area contributed by atoms with Crippen LogP contribution in [0, 0.1) is 5.82 Å². The minimum Gasteiger partial charge on any atom is -0.295 e. The summed E-state index contributed by atoms with van der Waals surface area (Å²) in [6.07, 6.45) is 4.78. The minimum atomic E-state index is -3.72.